The summed E-state index contributed by atoms with van der Waals surface area (Å²) in [4.78, 5) is 0.835. The van der Waals surface area contributed by atoms with Crippen LogP contribution in [0.3, 0.4) is 0 Å². The first kappa shape index (κ1) is 10.4. The highest BCUT2D eigenvalue weighted by atomic mass is 32.2. The van der Waals surface area contributed by atoms with Gasteiger partial charge in [-0.2, -0.15) is 4.33 Å². The number of hydrogen-bond acceptors (Lipinski definition) is 4. The minimum atomic E-state index is 0.835. The van der Waals surface area contributed by atoms with E-state index in [0.717, 1.165) is 22.3 Å². The Balaban J connectivity index is 2.34. The molecule has 3 nitrogen and oxygen atoms in total. The largest absolute Gasteiger partial charge is 0.691 e. The normalized spacial score (nSPS) is 10.8. The van der Waals surface area contributed by atoms with Crippen molar-refractivity contribution in [2.24, 2.45) is 0 Å². The van der Waals surface area contributed by atoms with Crippen molar-refractivity contribution in [3.8, 4) is 0 Å². The first-order chi connectivity index (χ1) is 7.29. The van der Waals surface area contributed by atoms with Gasteiger partial charge in [0.2, 0.25) is 0 Å². The van der Waals surface area contributed by atoms with Crippen LogP contribution in [0.1, 0.15) is 5.56 Å². The molecule has 0 heterocycles. The Bertz CT molecular complexity index is 470. The lowest BCUT2D eigenvalue weighted by molar-refractivity contribution is -0.777. The molecule has 15 heavy (non-hydrogen) atoms. The van der Waals surface area contributed by atoms with Crippen molar-refractivity contribution >= 4 is 22.8 Å². The van der Waals surface area contributed by atoms with Crippen molar-refractivity contribution in [2.45, 2.75) is 11.8 Å². The number of rotatable bonds is 3. The summed E-state index contributed by atoms with van der Waals surface area (Å²) in [5.41, 5.74) is 1.22. The van der Waals surface area contributed by atoms with Crippen LogP contribution in [0.2, 0.25) is 0 Å². The topological polar surface area (TPSA) is 41.5 Å². The Hall–Kier alpha value is -1.07. The second-order valence-electron chi connectivity index (χ2n) is 3.23. The molecule has 0 amide bonds. The third-order valence-corrected chi connectivity index (χ3v) is 2.70. The summed E-state index contributed by atoms with van der Waals surface area (Å²) < 4.78 is 4.25. The standard InChI is InChI=1S/C11H10O3S/c1-8-2-3-10-7-11(15-14-13-12)5-4-9(10)6-8/h2-7,12H,1H3/p-1. The molecule has 78 valence electrons. The van der Waals surface area contributed by atoms with Crippen LogP contribution in [0, 0.1) is 6.92 Å². The van der Waals surface area contributed by atoms with Gasteiger partial charge in [0.1, 0.15) is 0 Å². The van der Waals surface area contributed by atoms with Crippen LogP contribution in [0.15, 0.2) is 41.3 Å². The van der Waals surface area contributed by atoms with Crippen molar-refractivity contribution in [1.82, 2.24) is 0 Å². The van der Waals surface area contributed by atoms with Gasteiger partial charge in [0, 0.05) is 4.90 Å². The van der Waals surface area contributed by atoms with Crippen LogP contribution in [0.5, 0.6) is 0 Å². The van der Waals surface area contributed by atoms with Gasteiger partial charge < -0.3 is 5.26 Å². The van der Waals surface area contributed by atoms with Crippen LogP contribution in [-0.2, 0) is 9.37 Å². The SMILES string of the molecule is Cc1ccc2cc(SOO[O-])ccc2c1. The van der Waals surface area contributed by atoms with Crippen LogP contribution in [0.25, 0.3) is 10.8 Å². The highest BCUT2D eigenvalue weighted by Gasteiger charge is 1.98. The predicted octanol–water partition coefficient (Wildman–Crippen LogP) is 2.38. The first-order valence-electron chi connectivity index (χ1n) is 4.43. The molecule has 0 fully saturated rings. The van der Waals surface area contributed by atoms with Gasteiger partial charge in [-0.3, -0.25) is 5.04 Å². The van der Waals surface area contributed by atoms with E-state index >= 15 is 0 Å². The van der Waals surface area contributed by atoms with Gasteiger partial charge in [-0.05, 0) is 29.8 Å². The maximum Gasteiger partial charge on any atom is 0.0674 e. The summed E-state index contributed by atoms with van der Waals surface area (Å²) in [6.45, 7) is 2.05. The number of aryl methyl sites for hydroxylation is 1. The molecule has 2 rings (SSSR count). The molecule has 0 bridgehead atoms. The van der Waals surface area contributed by atoms with Crippen LogP contribution < -0.4 is 5.26 Å². The molecule has 0 aliphatic rings. The summed E-state index contributed by atoms with van der Waals surface area (Å²) in [7, 11) is 0. The van der Waals surface area contributed by atoms with Gasteiger partial charge in [0.05, 0.1) is 12.0 Å². The number of hydrogen-bond donors (Lipinski definition) is 0. The van der Waals surface area contributed by atoms with Crippen LogP contribution in [-0.4, -0.2) is 0 Å². The average molecular weight is 221 g/mol. The zero-order valence-electron chi connectivity index (χ0n) is 8.10. The molecule has 0 unspecified atom stereocenters. The Morgan fingerprint density at radius 3 is 2.60 bits per heavy atom. The summed E-state index contributed by atoms with van der Waals surface area (Å²) in [5.74, 6) is 0. The number of fused-ring (bicyclic) bond motifs is 1. The Labute approximate surface area is 91.7 Å². The van der Waals surface area contributed by atoms with Gasteiger partial charge in [-0.25, -0.2) is 0 Å². The number of benzene rings is 2. The van der Waals surface area contributed by atoms with E-state index in [1.165, 1.54) is 10.9 Å². The van der Waals surface area contributed by atoms with E-state index in [1.54, 1.807) is 0 Å². The quantitative estimate of drug-likeness (QED) is 0.453. The van der Waals surface area contributed by atoms with Crippen LogP contribution >= 0.6 is 12.0 Å². The molecule has 0 aliphatic carbocycles. The third-order valence-electron chi connectivity index (χ3n) is 2.13. The zero-order valence-corrected chi connectivity index (χ0v) is 8.91. The second kappa shape index (κ2) is 4.63. The molecule has 0 spiro atoms. The Kier molecular flexibility index (Phi) is 3.23. The summed E-state index contributed by atoms with van der Waals surface area (Å²) in [5, 5.41) is 15.2. The van der Waals surface area contributed by atoms with Gasteiger partial charge in [-0.15, -0.1) is 0 Å². The van der Waals surface area contributed by atoms with E-state index < -0.39 is 0 Å². The fourth-order valence-corrected chi connectivity index (χ4v) is 1.85. The summed E-state index contributed by atoms with van der Waals surface area (Å²) >= 11 is 0.905. The lowest BCUT2D eigenvalue weighted by atomic mass is 10.1. The molecule has 0 saturated carbocycles. The Morgan fingerprint density at radius 2 is 1.80 bits per heavy atom. The molecular weight excluding hydrogens is 212 g/mol. The molecule has 0 N–H and O–H groups in total. The van der Waals surface area contributed by atoms with E-state index in [4.69, 9.17) is 0 Å². The smallest absolute Gasteiger partial charge is 0.0674 e. The van der Waals surface area contributed by atoms with Crippen molar-refractivity contribution in [1.29, 1.82) is 0 Å². The molecular formula is C11H9O3S-. The second-order valence-corrected chi connectivity index (χ2v) is 4.01. The fraction of sp³-hybridized carbons (Fsp3) is 0.0909. The Morgan fingerprint density at radius 1 is 1.07 bits per heavy atom. The minimum absolute atomic E-state index is 0.835. The van der Waals surface area contributed by atoms with Gasteiger partial charge >= 0.3 is 0 Å². The molecule has 0 aromatic heterocycles. The molecule has 4 heteroatoms. The van der Waals surface area contributed by atoms with Crippen molar-refractivity contribution in [2.75, 3.05) is 0 Å². The van der Waals surface area contributed by atoms with Gasteiger partial charge in [-0.1, -0.05) is 29.8 Å². The third kappa shape index (κ3) is 2.49. The summed E-state index contributed by atoms with van der Waals surface area (Å²) in [6, 6.07) is 12.0. The molecule has 0 radical (unpaired) electrons. The minimum Gasteiger partial charge on any atom is -0.691 e. The lowest BCUT2D eigenvalue weighted by Crippen LogP contribution is -2.00. The van der Waals surface area contributed by atoms with E-state index in [2.05, 4.69) is 22.4 Å². The molecule has 0 atom stereocenters. The maximum atomic E-state index is 9.67. The molecule has 0 saturated heterocycles. The highest BCUT2D eigenvalue weighted by molar-refractivity contribution is 7.94. The maximum absolute atomic E-state index is 9.67. The van der Waals surface area contributed by atoms with E-state index in [-0.39, 0.29) is 0 Å². The summed E-state index contributed by atoms with van der Waals surface area (Å²) in [6.07, 6.45) is 0. The fourth-order valence-electron chi connectivity index (χ4n) is 1.45. The lowest BCUT2D eigenvalue weighted by Gasteiger charge is -2.05. The highest BCUT2D eigenvalue weighted by Crippen LogP contribution is 2.24. The van der Waals surface area contributed by atoms with Crippen molar-refractivity contribution < 1.29 is 14.6 Å². The molecule has 2 aromatic rings. The van der Waals surface area contributed by atoms with Gasteiger partial charge in [0.25, 0.3) is 0 Å². The van der Waals surface area contributed by atoms with E-state index in [1.807, 2.05) is 30.3 Å². The van der Waals surface area contributed by atoms with Crippen molar-refractivity contribution in [3.05, 3.63) is 42.0 Å². The average Bonchev–Trinajstić information content (AvgIpc) is 2.26. The van der Waals surface area contributed by atoms with Crippen molar-refractivity contribution in [3.63, 3.8) is 0 Å². The van der Waals surface area contributed by atoms with E-state index in [9.17, 15) is 5.26 Å². The zero-order chi connectivity index (χ0) is 10.7. The first-order valence-corrected chi connectivity index (χ1v) is 5.17. The molecule has 2 aromatic carbocycles. The molecule has 0 aliphatic heterocycles. The monoisotopic (exact) mass is 221 g/mol. The van der Waals surface area contributed by atoms with Gasteiger partial charge in [0.15, 0.2) is 0 Å². The predicted molar refractivity (Wildman–Crippen MR) is 56.7 cm³/mol. The van der Waals surface area contributed by atoms with Crippen LogP contribution in [0.4, 0.5) is 0 Å². The van der Waals surface area contributed by atoms with E-state index in [0.29, 0.717) is 0 Å².